The highest BCUT2D eigenvalue weighted by atomic mass is 32.2. The van der Waals surface area contributed by atoms with Crippen LogP contribution in [0.1, 0.15) is 19.3 Å². The van der Waals surface area contributed by atoms with Crippen LogP contribution in [0.25, 0.3) is 10.7 Å². The second-order valence-corrected chi connectivity index (χ2v) is 10.9. The van der Waals surface area contributed by atoms with E-state index in [1.54, 1.807) is 23.5 Å². The van der Waals surface area contributed by atoms with E-state index in [0.717, 1.165) is 24.1 Å². The molecule has 12 heteroatoms. The number of benzene rings is 1. The highest BCUT2D eigenvalue weighted by Crippen LogP contribution is 2.31. The first-order valence-corrected chi connectivity index (χ1v) is 13.3. The summed E-state index contributed by atoms with van der Waals surface area (Å²) < 4.78 is 33.0. The Kier molecular flexibility index (Phi) is 7.13. The Hall–Kier alpha value is -2.41. The van der Waals surface area contributed by atoms with Crippen molar-refractivity contribution in [2.24, 2.45) is 0 Å². The monoisotopic (exact) mass is 493 g/mol. The Labute approximate surface area is 194 Å². The number of hydrogen-bond acceptors (Lipinski definition) is 8. The van der Waals surface area contributed by atoms with Gasteiger partial charge in [-0.3, -0.25) is 9.89 Å². The molecule has 9 nitrogen and oxygen atoms in total. The Morgan fingerprint density at radius 3 is 2.81 bits per heavy atom. The number of amides is 1. The smallest absolute Gasteiger partial charge is 0.246 e. The summed E-state index contributed by atoms with van der Waals surface area (Å²) in [7, 11) is -2.28. The highest BCUT2D eigenvalue weighted by Gasteiger charge is 2.29. The first kappa shape index (κ1) is 22.8. The van der Waals surface area contributed by atoms with Gasteiger partial charge < -0.3 is 10.1 Å². The van der Waals surface area contributed by atoms with Gasteiger partial charge in [-0.05, 0) is 42.5 Å². The normalized spacial score (nSPS) is 14.9. The fourth-order valence-corrected chi connectivity index (χ4v) is 6.32. The van der Waals surface area contributed by atoms with Crippen molar-refractivity contribution in [3.63, 3.8) is 0 Å². The second-order valence-electron chi connectivity index (χ2n) is 7.11. The summed E-state index contributed by atoms with van der Waals surface area (Å²) in [5, 5.41) is 12.2. The molecular formula is C20H23N5O4S3. The number of methoxy groups -OCH3 is 1. The molecule has 1 aromatic carbocycles. The van der Waals surface area contributed by atoms with Crippen LogP contribution >= 0.6 is 23.1 Å². The van der Waals surface area contributed by atoms with Crippen LogP contribution in [0.5, 0.6) is 5.75 Å². The van der Waals surface area contributed by atoms with Gasteiger partial charge in [-0.1, -0.05) is 24.2 Å². The van der Waals surface area contributed by atoms with Gasteiger partial charge in [-0.15, -0.1) is 16.4 Å². The van der Waals surface area contributed by atoms with E-state index >= 15 is 0 Å². The molecule has 0 unspecified atom stereocenters. The first-order chi connectivity index (χ1) is 15.5. The molecule has 1 fully saturated rings. The van der Waals surface area contributed by atoms with Crippen molar-refractivity contribution in [3.8, 4) is 16.5 Å². The molecule has 170 valence electrons. The number of nitrogens with zero attached hydrogens (tertiary/aromatic N) is 3. The molecular weight excluding hydrogens is 470 g/mol. The van der Waals surface area contributed by atoms with Gasteiger partial charge in [0.05, 0.1) is 17.7 Å². The van der Waals surface area contributed by atoms with E-state index in [1.165, 1.54) is 29.2 Å². The van der Waals surface area contributed by atoms with Crippen molar-refractivity contribution in [1.29, 1.82) is 0 Å². The zero-order valence-corrected chi connectivity index (χ0v) is 19.9. The molecule has 32 heavy (non-hydrogen) atoms. The molecule has 0 radical (unpaired) electrons. The number of aromatic nitrogens is 3. The zero-order valence-electron chi connectivity index (χ0n) is 17.4. The number of H-pyrrole nitrogens is 1. The van der Waals surface area contributed by atoms with Gasteiger partial charge in [-0.25, -0.2) is 13.4 Å². The minimum Gasteiger partial charge on any atom is -0.495 e. The molecule has 3 aromatic rings. The number of thiophene rings is 1. The molecule has 0 spiro atoms. The number of sulfonamides is 1. The maximum atomic E-state index is 13.1. The van der Waals surface area contributed by atoms with Crippen molar-refractivity contribution in [2.75, 3.05) is 31.3 Å². The number of thioether (sulfide) groups is 1. The Bertz CT molecular complexity index is 1170. The average molecular weight is 494 g/mol. The van der Waals surface area contributed by atoms with Crippen molar-refractivity contribution in [2.45, 2.75) is 29.3 Å². The third kappa shape index (κ3) is 5.14. The number of nitrogens with one attached hydrogen (secondary N) is 2. The van der Waals surface area contributed by atoms with Crippen LogP contribution in [0, 0.1) is 0 Å². The van der Waals surface area contributed by atoms with Crippen LogP contribution in [0.15, 0.2) is 45.8 Å². The predicted molar refractivity (Wildman–Crippen MR) is 125 cm³/mol. The minimum absolute atomic E-state index is 0.0573. The molecule has 1 aliphatic rings. The van der Waals surface area contributed by atoms with E-state index in [-0.39, 0.29) is 22.3 Å². The topological polar surface area (TPSA) is 117 Å². The number of ether oxygens (including phenoxy) is 1. The van der Waals surface area contributed by atoms with Crippen molar-refractivity contribution in [1.82, 2.24) is 19.5 Å². The minimum atomic E-state index is -3.71. The Balaban J connectivity index is 1.42. The summed E-state index contributed by atoms with van der Waals surface area (Å²) in [6.45, 7) is 0.978. The van der Waals surface area contributed by atoms with Crippen LogP contribution in [-0.4, -0.2) is 59.8 Å². The lowest BCUT2D eigenvalue weighted by atomic mass is 10.2. The Morgan fingerprint density at radius 2 is 2.09 bits per heavy atom. The van der Waals surface area contributed by atoms with Gasteiger partial charge in [0.15, 0.2) is 5.82 Å². The van der Waals surface area contributed by atoms with Crippen LogP contribution in [0.3, 0.4) is 0 Å². The van der Waals surface area contributed by atoms with Crippen molar-refractivity contribution >= 4 is 44.7 Å². The first-order valence-electron chi connectivity index (χ1n) is 10.0. The molecule has 1 saturated heterocycles. The molecule has 2 N–H and O–H groups in total. The van der Waals surface area contributed by atoms with E-state index in [9.17, 15) is 13.2 Å². The fraction of sp³-hybridized carbons (Fsp3) is 0.350. The van der Waals surface area contributed by atoms with Gasteiger partial charge in [0, 0.05) is 18.8 Å². The van der Waals surface area contributed by atoms with Crippen LogP contribution < -0.4 is 10.1 Å². The Morgan fingerprint density at radius 1 is 1.28 bits per heavy atom. The van der Waals surface area contributed by atoms with E-state index in [1.807, 2.05) is 17.5 Å². The summed E-state index contributed by atoms with van der Waals surface area (Å²) in [6, 6.07) is 8.50. The van der Waals surface area contributed by atoms with Gasteiger partial charge in [-0.2, -0.15) is 4.31 Å². The lowest BCUT2D eigenvalue weighted by molar-refractivity contribution is -0.113. The number of rotatable bonds is 8. The maximum Gasteiger partial charge on any atom is 0.246 e. The summed E-state index contributed by atoms with van der Waals surface area (Å²) in [4.78, 5) is 17.9. The zero-order chi connectivity index (χ0) is 22.6. The number of anilines is 1. The largest absolute Gasteiger partial charge is 0.495 e. The third-order valence-corrected chi connectivity index (χ3v) is 8.58. The maximum absolute atomic E-state index is 13.1. The van der Waals surface area contributed by atoms with Crippen LogP contribution in [0.4, 0.5) is 5.69 Å². The molecule has 0 bridgehead atoms. The molecule has 0 atom stereocenters. The summed E-state index contributed by atoms with van der Waals surface area (Å²) in [5.74, 6) is 0.710. The van der Waals surface area contributed by atoms with Gasteiger partial charge >= 0.3 is 0 Å². The molecule has 3 heterocycles. The fourth-order valence-electron chi connectivity index (χ4n) is 3.36. The molecule has 0 aliphatic carbocycles. The number of hydrogen-bond donors (Lipinski definition) is 2. The second kappa shape index (κ2) is 10.0. The van der Waals surface area contributed by atoms with Gasteiger partial charge in [0.25, 0.3) is 0 Å². The van der Waals surface area contributed by atoms with Crippen molar-refractivity contribution < 1.29 is 17.9 Å². The molecule has 0 saturated carbocycles. The van der Waals surface area contributed by atoms with Gasteiger partial charge in [0.1, 0.15) is 10.6 Å². The average Bonchev–Trinajstić information content (AvgIpc) is 3.50. The van der Waals surface area contributed by atoms with Crippen LogP contribution in [0.2, 0.25) is 0 Å². The third-order valence-electron chi connectivity index (χ3n) is 4.93. The van der Waals surface area contributed by atoms with Crippen molar-refractivity contribution in [3.05, 3.63) is 35.7 Å². The highest BCUT2D eigenvalue weighted by molar-refractivity contribution is 7.99. The van der Waals surface area contributed by atoms with Crippen LogP contribution in [-0.2, 0) is 14.8 Å². The molecule has 4 rings (SSSR count). The SMILES string of the molecule is COc1ccc(NC(=O)CSc2n[nH]c(-c3cccs3)n2)cc1S(=O)(=O)N1CCCCC1. The number of carbonyl (C=O) groups is 1. The summed E-state index contributed by atoms with van der Waals surface area (Å²) in [6.07, 6.45) is 2.70. The summed E-state index contributed by atoms with van der Waals surface area (Å²) >= 11 is 2.74. The molecule has 2 aromatic heterocycles. The number of aromatic amines is 1. The quantitative estimate of drug-likeness (QED) is 0.462. The van der Waals surface area contributed by atoms with E-state index in [0.29, 0.717) is 29.8 Å². The molecule has 1 aliphatic heterocycles. The predicted octanol–water partition coefficient (Wildman–Crippen LogP) is 3.45. The lowest BCUT2D eigenvalue weighted by Crippen LogP contribution is -2.35. The van der Waals surface area contributed by atoms with E-state index < -0.39 is 10.0 Å². The summed E-state index contributed by atoms with van der Waals surface area (Å²) in [5.41, 5.74) is 0.390. The standard InChI is InChI=1S/C20H23N5O4S3/c1-29-15-8-7-14(12-17(15)32(27,28)25-9-3-2-4-10-25)21-18(26)13-31-20-22-19(23-24-20)16-6-5-11-30-16/h5-8,11-12H,2-4,9-10,13H2,1H3,(H,21,26)(H,22,23,24). The van der Waals surface area contributed by atoms with E-state index in [4.69, 9.17) is 4.74 Å². The number of carbonyl (C=O) groups excluding carboxylic acids is 1. The van der Waals surface area contributed by atoms with E-state index in [2.05, 4.69) is 20.5 Å². The number of piperidine rings is 1. The lowest BCUT2D eigenvalue weighted by Gasteiger charge is -2.26. The van der Waals surface area contributed by atoms with Gasteiger partial charge in [0.2, 0.25) is 21.1 Å². The molecule has 1 amide bonds.